The largest absolute Gasteiger partial charge is 0.299 e. The molecule has 0 bridgehead atoms. The van der Waals surface area contributed by atoms with Crippen LogP contribution < -0.4 is 5.43 Å². The van der Waals surface area contributed by atoms with Crippen LogP contribution in [0.3, 0.4) is 0 Å². The molecule has 2 heterocycles. The van der Waals surface area contributed by atoms with Gasteiger partial charge in [-0.1, -0.05) is 42.3 Å². The average molecular weight is 621 g/mol. The minimum Gasteiger partial charge on any atom is -0.299 e. The first-order chi connectivity index (χ1) is 15.7. The Morgan fingerprint density at radius 2 is 1.82 bits per heavy atom. The number of hydrazine groups is 1. The number of carbonyl (C=O) groups is 1. The highest BCUT2D eigenvalue weighted by Gasteiger charge is 2.28. The molecule has 7 nitrogen and oxygen atoms in total. The summed E-state index contributed by atoms with van der Waals surface area (Å²) in [6, 6.07) is 13.2. The van der Waals surface area contributed by atoms with Crippen LogP contribution in [0.1, 0.15) is 23.0 Å². The maximum Gasteiger partial charge on any atom is 0.286 e. The van der Waals surface area contributed by atoms with E-state index in [4.69, 9.17) is 23.2 Å². The third kappa shape index (κ3) is 5.50. The molecular weight excluding hydrogens is 598 g/mol. The lowest BCUT2D eigenvalue weighted by Crippen LogP contribution is -2.49. The number of benzene rings is 2. The van der Waals surface area contributed by atoms with Gasteiger partial charge in [-0.2, -0.15) is 15.7 Å². The Labute approximate surface area is 217 Å². The molecule has 0 atom stereocenters. The molecule has 1 fully saturated rings. The van der Waals surface area contributed by atoms with Gasteiger partial charge < -0.3 is 0 Å². The molecule has 3 N–H and O–H groups in total. The van der Waals surface area contributed by atoms with Gasteiger partial charge in [-0.3, -0.25) is 19.3 Å². The molecule has 1 aromatic heterocycles. The predicted molar refractivity (Wildman–Crippen MR) is 143 cm³/mol. The second-order valence-electron chi connectivity index (χ2n) is 7.68. The third-order valence-electron chi connectivity index (χ3n) is 5.44. The van der Waals surface area contributed by atoms with Gasteiger partial charge in [-0.05, 0) is 59.3 Å². The lowest BCUT2D eigenvalue weighted by molar-refractivity contribution is 0.0792. The number of amides is 1. The van der Waals surface area contributed by atoms with Gasteiger partial charge in [0.25, 0.3) is 5.91 Å². The van der Waals surface area contributed by atoms with Gasteiger partial charge in [0.05, 0.1) is 27.9 Å². The molecule has 0 aliphatic carbocycles. The van der Waals surface area contributed by atoms with Crippen molar-refractivity contribution in [2.45, 2.75) is 13.3 Å². The van der Waals surface area contributed by atoms with E-state index in [1.807, 2.05) is 31.2 Å². The molecule has 176 valence electrons. The standard InChI is InChI=1S/C22H23Cl2IN4O3S/c1-2-17-20(22(30)27-28-9-11-33(31,32)12-10-28)26-29(19-8-5-15(23)13-18(19)24)21(17)14-3-6-16(25)7-4-14/h3-8,13,31-32H,2,9-12H2,1H3,(H,27,30). The van der Waals surface area contributed by atoms with Crippen LogP contribution in [0.15, 0.2) is 42.5 Å². The van der Waals surface area contributed by atoms with Crippen LogP contribution in [0.25, 0.3) is 16.9 Å². The molecular formula is C22H23Cl2IN4O3S. The Hall–Kier alpha value is -1.34. The van der Waals surface area contributed by atoms with E-state index in [2.05, 4.69) is 33.1 Å². The molecule has 0 spiro atoms. The molecule has 1 aliphatic heterocycles. The van der Waals surface area contributed by atoms with E-state index in [0.29, 0.717) is 40.9 Å². The van der Waals surface area contributed by atoms with E-state index in [9.17, 15) is 13.9 Å². The van der Waals surface area contributed by atoms with Gasteiger partial charge in [-0.25, -0.2) is 9.69 Å². The van der Waals surface area contributed by atoms with Crippen LogP contribution >= 0.6 is 56.4 Å². The topological polar surface area (TPSA) is 90.6 Å². The Morgan fingerprint density at radius 3 is 2.42 bits per heavy atom. The highest BCUT2D eigenvalue weighted by atomic mass is 127. The van der Waals surface area contributed by atoms with Crippen molar-refractivity contribution in [3.63, 3.8) is 0 Å². The molecule has 3 aromatic rings. The minimum absolute atomic E-state index is 0.233. The average Bonchev–Trinajstić information content (AvgIpc) is 3.15. The fourth-order valence-corrected chi connectivity index (χ4v) is 5.81. The Morgan fingerprint density at radius 1 is 1.15 bits per heavy atom. The van der Waals surface area contributed by atoms with E-state index in [-0.39, 0.29) is 17.4 Å². The predicted octanol–water partition coefficient (Wildman–Crippen LogP) is 5.72. The second kappa shape index (κ2) is 10.1. The number of rotatable bonds is 5. The van der Waals surface area contributed by atoms with E-state index in [0.717, 1.165) is 20.4 Å². The van der Waals surface area contributed by atoms with Gasteiger partial charge in [0.1, 0.15) is 0 Å². The van der Waals surface area contributed by atoms with E-state index >= 15 is 0 Å². The van der Waals surface area contributed by atoms with Crippen LogP contribution in [-0.4, -0.2) is 54.4 Å². The normalized spacial score (nSPS) is 17.0. The number of halogens is 3. The molecule has 1 amide bonds. The maximum absolute atomic E-state index is 13.3. The van der Waals surface area contributed by atoms with Crippen LogP contribution in [0.2, 0.25) is 10.0 Å². The monoisotopic (exact) mass is 620 g/mol. The van der Waals surface area contributed by atoms with Crippen molar-refractivity contribution >= 4 is 62.3 Å². The lowest BCUT2D eigenvalue weighted by Gasteiger charge is -2.40. The highest BCUT2D eigenvalue weighted by Crippen LogP contribution is 2.40. The summed E-state index contributed by atoms with van der Waals surface area (Å²) in [5.41, 5.74) is 6.29. The molecule has 1 aliphatic rings. The zero-order valence-electron chi connectivity index (χ0n) is 17.8. The Kier molecular flexibility index (Phi) is 7.59. The summed E-state index contributed by atoms with van der Waals surface area (Å²) in [6.07, 6.45) is 0.579. The summed E-state index contributed by atoms with van der Waals surface area (Å²) in [4.78, 5) is 13.3. The van der Waals surface area contributed by atoms with Crippen molar-refractivity contribution in [1.29, 1.82) is 0 Å². The quantitative estimate of drug-likeness (QED) is 0.317. The first-order valence-electron chi connectivity index (χ1n) is 10.3. The van der Waals surface area contributed by atoms with E-state index in [1.54, 1.807) is 27.9 Å². The van der Waals surface area contributed by atoms with Gasteiger partial charge >= 0.3 is 0 Å². The molecule has 4 rings (SSSR count). The highest BCUT2D eigenvalue weighted by molar-refractivity contribution is 14.1. The van der Waals surface area contributed by atoms with Gasteiger partial charge in [0.2, 0.25) is 0 Å². The summed E-state index contributed by atoms with van der Waals surface area (Å²) in [5.74, 6) is 0.119. The van der Waals surface area contributed by atoms with Crippen molar-refractivity contribution in [3.8, 4) is 16.9 Å². The van der Waals surface area contributed by atoms with E-state index < -0.39 is 10.6 Å². The molecule has 33 heavy (non-hydrogen) atoms. The molecule has 0 unspecified atom stereocenters. The molecule has 0 saturated carbocycles. The first kappa shape index (κ1) is 24.8. The van der Waals surface area contributed by atoms with Crippen LogP contribution in [0, 0.1) is 3.57 Å². The van der Waals surface area contributed by atoms with Crippen molar-refractivity contribution < 1.29 is 13.9 Å². The van der Waals surface area contributed by atoms with Gasteiger partial charge in [0, 0.05) is 32.8 Å². The smallest absolute Gasteiger partial charge is 0.286 e. The van der Waals surface area contributed by atoms with Crippen molar-refractivity contribution in [2.75, 3.05) is 24.6 Å². The number of nitrogens with one attached hydrogen (secondary N) is 1. The SMILES string of the molecule is CCc1c(C(=O)NN2CCS(O)(O)CC2)nn(-c2ccc(Cl)cc2Cl)c1-c1ccc(I)cc1. The number of nitrogens with zero attached hydrogens (tertiary/aromatic N) is 3. The summed E-state index contributed by atoms with van der Waals surface area (Å²) in [5, 5.41) is 7.33. The number of aromatic nitrogens is 2. The third-order valence-corrected chi connectivity index (χ3v) is 8.37. The fourth-order valence-electron chi connectivity index (χ4n) is 3.73. The number of hydrogen-bond donors (Lipinski definition) is 3. The van der Waals surface area contributed by atoms with Gasteiger partial charge in [-0.15, -0.1) is 0 Å². The lowest BCUT2D eigenvalue weighted by atomic mass is 10.0. The van der Waals surface area contributed by atoms with Crippen LogP contribution in [-0.2, 0) is 6.42 Å². The summed E-state index contributed by atoms with van der Waals surface area (Å²) >= 11 is 14.9. The summed E-state index contributed by atoms with van der Waals surface area (Å²) < 4.78 is 22.5. The molecule has 0 radical (unpaired) electrons. The zero-order chi connectivity index (χ0) is 23.8. The summed E-state index contributed by atoms with van der Waals surface area (Å²) in [6.45, 7) is 2.71. The Balaban J connectivity index is 1.78. The number of hydrogen-bond acceptors (Lipinski definition) is 5. The summed E-state index contributed by atoms with van der Waals surface area (Å²) in [7, 11) is -2.55. The van der Waals surface area contributed by atoms with Crippen molar-refractivity contribution in [3.05, 3.63) is 67.3 Å². The zero-order valence-corrected chi connectivity index (χ0v) is 22.2. The Bertz CT molecular complexity index is 1180. The molecule has 2 aromatic carbocycles. The van der Waals surface area contributed by atoms with Gasteiger partial charge in [0.15, 0.2) is 5.69 Å². The number of carbonyl (C=O) groups excluding carboxylic acids is 1. The maximum atomic E-state index is 13.3. The second-order valence-corrected chi connectivity index (χ2v) is 12.2. The minimum atomic E-state index is -2.55. The van der Waals surface area contributed by atoms with E-state index in [1.165, 1.54) is 0 Å². The molecule has 11 heteroatoms. The molecule has 1 saturated heterocycles. The van der Waals surface area contributed by atoms with Crippen molar-refractivity contribution in [2.24, 2.45) is 0 Å². The fraction of sp³-hybridized carbons (Fsp3) is 0.273. The van der Waals surface area contributed by atoms with Crippen LogP contribution in [0.4, 0.5) is 0 Å². The first-order valence-corrected chi connectivity index (χ1v) is 14.0. The van der Waals surface area contributed by atoms with Crippen molar-refractivity contribution in [1.82, 2.24) is 20.2 Å². The van der Waals surface area contributed by atoms with Crippen LogP contribution in [0.5, 0.6) is 0 Å².